The van der Waals surface area contributed by atoms with Gasteiger partial charge in [0.25, 0.3) is 0 Å². The molecule has 5 heteroatoms. The number of rotatable bonds is 1. The summed E-state index contributed by atoms with van der Waals surface area (Å²) in [4.78, 5) is 23.8. The molecule has 0 aromatic heterocycles. The van der Waals surface area contributed by atoms with E-state index in [4.69, 9.17) is 5.73 Å². The highest BCUT2D eigenvalue weighted by molar-refractivity contribution is 6.12. The van der Waals surface area contributed by atoms with Gasteiger partial charge in [0.05, 0.1) is 5.69 Å². The van der Waals surface area contributed by atoms with Crippen LogP contribution in [0.15, 0.2) is 18.2 Å². The minimum absolute atomic E-state index is 0.0587. The maximum Gasteiger partial charge on any atom is 0.329 e. The highest BCUT2D eigenvalue weighted by atomic mass is 16.2. The molecule has 0 unspecified atom stereocenters. The highest BCUT2D eigenvalue weighted by Gasteiger charge is 2.28. The van der Waals surface area contributed by atoms with E-state index in [1.165, 1.54) is 4.90 Å². The number of imide groups is 1. The van der Waals surface area contributed by atoms with E-state index in [0.717, 1.165) is 5.56 Å². The highest BCUT2D eigenvalue weighted by Crippen LogP contribution is 2.25. The predicted molar refractivity (Wildman–Crippen MR) is 56.5 cm³/mol. The van der Waals surface area contributed by atoms with E-state index in [0.29, 0.717) is 11.4 Å². The summed E-state index contributed by atoms with van der Waals surface area (Å²) in [6.07, 6.45) is 0. The largest absolute Gasteiger partial charge is 0.398 e. The Bertz CT molecular complexity index is 442. The van der Waals surface area contributed by atoms with Crippen molar-refractivity contribution in [3.05, 3.63) is 23.8 Å². The predicted octanol–water partition coefficient (Wildman–Crippen LogP) is 0.633. The van der Waals surface area contributed by atoms with Gasteiger partial charge >= 0.3 is 6.03 Å². The first-order valence-electron chi connectivity index (χ1n) is 4.56. The van der Waals surface area contributed by atoms with Crippen LogP contribution in [0.4, 0.5) is 16.2 Å². The lowest BCUT2D eigenvalue weighted by atomic mass is 10.1. The number of amides is 3. The fourth-order valence-corrected chi connectivity index (χ4v) is 1.57. The summed E-state index contributed by atoms with van der Waals surface area (Å²) >= 11 is 0. The zero-order chi connectivity index (χ0) is 11.0. The summed E-state index contributed by atoms with van der Waals surface area (Å²) in [6.45, 7) is 1.88. The van der Waals surface area contributed by atoms with Gasteiger partial charge in [0.2, 0.25) is 5.91 Å². The topological polar surface area (TPSA) is 75.4 Å². The third-order valence-corrected chi connectivity index (χ3v) is 2.43. The fourth-order valence-electron chi connectivity index (χ4n) is 1.57. The van der Waals surface area contributed by atoms with Gasteiger partial charge in [0.15, 0.2) is 0 Å². The van der Waals surface area contributed by atoms with Gasteiger partial charge in [-0.25, -0.2) is 4.79 Å². The molecule has 0 aliphatic carbocycles. The van der Waals surface area contributed by atoms with Crippen molar-refractivity contribution in [2.75, 3.05) is 17.2 Å². The summed E-state index contributed by atoms with van der Waals surface area (Å²) in [5, 5.41) is 2.22. The summed E-state index contributed by atoms with van der Waals surface area (Å²) in [5.74, 6) is -0.290. The van der Waals surface area contributed by atoms with Crippen LogP contribution >= 0.6 is 0 Å². The number of nitrogen functional groups attached to an aromatic ring is 1. The number of urea groups is 1. The number of carbonyl (C=O) groups excluding carboxylic acids is 2. The van der Waals surface area contributed by atoms with Crippen molar-refractivity contribution in [2.45, 2.75) is 6.92 Å². The minimum atomic E-state index is -0.395. The minimum Gasteiger partial charge on any atom is -0.398 e. The molecule has 0 radical (unpaired) electrons. The van der Waals surface area contributed by atoms with Gasteiger partial charge in [0, 0.05) is 5.69 Å². The number of nitrogens with two attached hydrogens (primary N) is 1. The molecular formula is C10H11N3O2. The summed E-state index contributed by atoms with van der Waals surface area (Å²) < 4.78 is 0. The molecule has 0 bridgehead atoms. The van der Waals surface area contributed by atoms with Crippen LogP contribution in [0.5, 0.6) is 0 Å². The second-order valence-corrected chi connectivity index (χ2v) is 3.43. The molecule has 3 amide bonds. The molecule has 3 N–H and O–H groups in total. The summed E-state index contributed by atoms with van der Waals surface area (Å²) in [5.41, 5.74) is 7.82. The number of hydrogen-bond acceptors (Lipinski definition) is 3. The van der Waals surface area contributed by atoms with Crippen molar-refractivity contribution in [1.29, 1.82) is 0 Å². The Morgan fingerprint density at radius 3 is 2.73 bits per heavy atom. The van der Waals surface area contributed by atoms with E-state index in [2.05, 4.69) is 5.32 Å². The monoisotopic (exact) mass is 205 g/mol. The number of nitrogens with zero attached hydrogens (tertiary/aromatic N) is 1. The molecule has 1 saturated heterocycles. The number of benzene rings is 1. The molecule has 0 atom stereocenters. The lowest BCUT2D eigenvalue weighted by Gasteiger charge is -2.16. The van der Waals surface area contributed by atoms with E-state index in [1.807, 2.05) is 6.92 Å². The smallest absolute Gasteiger partial charge is 0.329 e. The Morgan fingerprint density at radius 2 is 2.13 bits per heavy atom. The SMILES string of the molecule is Cc1c(N)cccc1N1CC(=O)NC1=O. The zero-order valence-electron chi connectivity index (χ0n) is 8.28. The Kier molecular flexibility index (Phi) is 2.07. The van der Waals surface area contributed by atoms with Crippen LogP contribution in [0.3, 0.4) is 0 Å². The van der Waals surface area contributed by atoms with Crippen molar-refractivity contribution in [3.8, 4) is 0 Å². The Morgan fingerprint density at radius 1 is 1.40 bits per heavy atom. The van der Waals surface area contributed by atoms with E-state index < -0.39 is 6.03 Å². The first-order valence-corrected chi connectivity index (χ1v) is 4.56. The van der Waals surface area contributed by atoms with Gasteiger partial charge in [-0.3, -0.25) is 15.0 Å². The molecule has 0 spiro atoms. The lowest BCUT2D eigenvalue weighted by Crippen LogP contribution is -2.28. The van der Waals surface area contributed by atoms with Gasteiger partial charge in [-0.2, -0.15) is 0 Å². The van der Waals surface area contributed by atoms with Crippen LogP contribution in [0.1, 0.15) is 5.56 Å². The van der Waals surface area contributed by atoms with Gasteiger partial charge in [-0.1, -0.05) is 6.07 Å². The summed E-state index contributed by atoms with van der Waals surface area (Å²) in [6, 6.07) is 4.89. The maximum absolute atomic E-state index is 11.4. The van der Waals surface area contributed by atoms with Crippen molar-refractivity contribution in [3.63, 3.8) is 0 Å². The van der Waals surface area contributed by atoms with Crippen molar-refractivity contribution < 1.29 is 9.59 Å². The maximum atomic E-state index is 11.4. The van der Waals surface area contributed by atoms with Gasteiger partial charge in [0.1, 0.15) is 6.54 Å². The number of nitrogens with one attached hydrogen (secondary N) is 1. The quantitative estimate of drug-likeness (QED) is 0.521. The average molecular weight is 205 g/mol. The van der Waals surface area contributed by atoms with Crippen LogP contribution in [0.25, 0.3) is 0 Å². The molecule has 1 aromatic rings. The van der Waals surface area contributed by atoms with E-state index in [-0.39, 0.29) is 12.5 Å². The second kappa shape index (κ2) is 3.27. The normalized spacial score (nSPS) is 15.7. The average Bonchev–Trinajstić information content (AvgIpc) is 2.50. The zero-order valence-corrected chi connectivity index (χ0v) is 8.28. The van der Waals surface area contributed by atoms with Crippen molar-refractivity contribution in [1.82, 2.24) is 5.32 Å². The van der Waals surface area contributed by atoms with Crippen LogP contribution in [-0.4, -0.2) is 18.5 Å². The summed E-state index contributed by atoms with van der Waals surface area (Å²) in [7, 11) is 0. The first kappa shape index (κ1) is 9.51. The van der Waals surface area contributed by atoms with Gasteiger partial charge < -0.3 is 5.73 Å². The van der Waals surface area contributed by atoms with Crippen molar-refractivity contribution >= 4 is 23.3 Å². The molecule has 78 valence electrons. The second-order valence-electron chi connectivity index (χ2n) is 3.43. The molecular weight excluding hydrogens is 194 g/mol. The van der Waals surface area contributed by atoms with Gasteiger partial charge in [-0.15, -0.1) is 0 Å². The first-order chi connectivity index (χ1) is 7.09. The van der Waals surface area contributed by atoms with Crippen LogP contribution in [-0.2, 0) is 4.79 Å². The Hall–Kier alpha value is -2.04. The third-order valence-electron chi connectivity index (χ3n) is 2.43. The van der Waals surface area contributed by atoms with E-state index in [1.54, 1.807) is 18.2 Å². The molecule has 1 aromatic carbocycles. The van der Waals surface area contributed by atoms with E-state index in [9.17, 15) is 9.59 Å². The molecule has 0 saturated carbocycles. The van der Waals surface area contributed by atoms with Crippen molar-refractivity contribution in [2.24, 2.45) is 0 Å². The molecule has 1 heterocycles. The van der Waals surface area contributed by atoms with Crippen LogP contribution in [0, 0.1) is 6.92 Å². The number of anilines is 2. The van der Waals surface area contributed by atoms with Gasteiger partial charge in [-0.05, 0) is 24.6 Å². The third kappa shape index (κ3) is 1.52. The standard InChI is InChI=1S/C10H11N3O2/c1-6-7(11)3-2-4-8(6)13-5-9(14)12-10(13)15/h2-4H,5,11H2,1H3,(H,12,14,15). The molecule has 1 aliphatic heterocycles. The molecule has 1 fully saturated rings. The lowest BCUT2D eigenvalue weighted by molar-refractivity contribution is -0.117. The molecule has 15 heavy (non-hydrogen) atoms. The Labute approximate surface area is 86.9 Å². The fraction of sp³-hybridized carbons (Fsp3) is 0.200. The van der Waals surface area contributed by atoms with Crippen LogP contribution in [0.2, 0.25) is 0 Å². The van der Waals surface area contributed by atoms with E-state index >= 15 is 0 Å². The molecule has 1 aliphatic rings. The van der Waals surface area contributed by atoms with Crippen LogP contribution < -0.4 is 16.0 Å². The number of carbonyl (C=O) groups is 2. The number of hydrogen-bond donors (Lipinski definition) is 2. The Balaban J connectivity index is 2.42. The molecule has 5 nitrogen and oxygen atoms in total. The molecule has 2 rings (SSSR count).